The molecule has 3 rings (SSSR count). The molecule has 0 spiro atoms. The zero-order valence-electron chi connectivity index (χ0n) is 17.8. The van der Waals surface area contributed by atoms with Crippen LogP contribution in [0.4, 0.5) is 5.82 Å². The van der Waals surface area contributed by atoms with Gasteiger partial charge in [-0.1, -0.05) is 24.3 Å². The average Bonchev–Trinajstić information content (AvgIpc) is 2.78. The number of ether oxygens (including phenoxy) is 2. The van der Waals surface area contributed by atoms with Crippen LogP contribution in [0, 0.1) is 0 Å². The lowest BCUT2D eigenvalue weighted by Gasteiger charge is -2.29. The minimum absolute atomic E-state index is 0. The van der Waals surface area contributed by atoms with Gasteiger partial charge >= 0.3 is 0 Å². The maximum Gasteiger partial charge on any atom is 0.194 e. The first-order chi connectivity index (χ1) is 14.3. The van der Waals surface area contributed by atoms with Crippen LogP contribution in [-0.2, 0) is 11.3 Å². The number of rotatable bonds is 8. The van der Waals surface area contributed by atoms with Crippen LogP contribution in [0.5, 0.6) is 5.75 Å². The molecule has 0 atom stereocenters. The number of aliphatic imine (C=N–C) groups is 1. The Kier molecular flexibility index (Phi) is 10.7. The van der Waals surface area contributed by atoms with Crippen molar-refractivity contribution in [2.75, 3.05) is 57.9 Å². The van der Waals surface area contributed by atoms with Crippen molar-refractivity contribution in [3.05, 3.63) is 54.2 Å². The molecule has 2 heterocycles. The number of benzene rings is 1. The molecule has 30 heavy (non-hydrogen) atoms. The van der Waals surface area contributed by atoms with Crippen LogP contribution < -0.4 is 15.0 Å². The van der Waals surface area contributed by atoms with Crippen molar-refractivity contribution in [1.82, 2.24) is 15.2 Å². The zero-order valence-corrected chi connectivity index (χ0v) is 20.1. The maximum atomic E-state index is 5.81. The highest BCUT2D eigenvalue weighted by molar-refractivity contribution is 14.0. The quantitative estimate of drug-likeness (QED) is 0.325. The number of nitrogens with zero attached hydrogens (tertiary/aromatic N) is 4. The van der Waals surface area contributed by atoms with Gasteiger partial charge in [0.25, 0.3) is 0 Å². The van der Waals surface area contributed by atoms with Crippen LogP contribution in [0.2, 0.25) is 0 Å². The SMILES string of the molecule is CCNC(=NCc1cccnc1N1CCOCC1)N(C)CCOc1ccccc1.I. The Hall–Kier alpha value is -2.07. The summed E-state index contributed by atoms with van der Waals surface area (Å²) in [4.78, 5) is 13.8. The standard InChI is InChI=1S/C22H31N5O2.HI/c1-3-23-22(26(2)12-17-29-20-9-5-4-6-10-20)25-18-19-8-7-11-24-21(19)27-13-15-28-16-14-27;/h4-11H,3,12-18H2,1-2H3,(H,23,25);1H. The number of morpholine rings is 1. The molecule has 0 amide bonds. The Morgan fingerprint density at radius 1 is 1.20 bits per heavy atom. The van der Waals surface area contributed by atoms with Crippen LogP contribution >= 0.6 is 24.0 Å². The molecule has 0 unspecified atom stereocenters. The van der Waals surface area contributed by atoms with Gasteiger partial charge in [0.2, 0.25) is 0 Å². The molecule has 1 aromatic heterocycles. The van der Waals surface area contributed by atoms with Crippen LogP contribution in [0.25, 0.3) is 0 Å². The number of guanidine groups is 1. The molecule has 1 fully saturated rings. The third-order valence-corrected chi connectivity index (χ3v) is 4.71. The normalized spacial score (nSPS) is 14.1. The van der Waals surface area contributed by atoms with E-state index in [9.17, 15) is 0 Å². The van der Waals surface area contributed by atoms with Gasteiger partial charge in [0.05, 0.1) is 26.3 Å². The summed E-state index contributed by atoms with van der Waals surface area (Å²) in [5.41, 5.74) is 1.12. The van der Waals surface area contributed by atoms with E-state index < -0.39 is 0 Å². The van der Waals surface area contributed by atoms with Crippen molar-refractivity contribution < 1.29 is 9.47 Å². The molecule has 1 aromatic carbocycles. The first-order valence-corrected chi connectivity index (χ1v) is 10.2. The molecular formula is C22H32IN5O2. The van der Waals surface area contributed by atoms with E-state index in [1.54, 1.807) is 0 Å². The van der Waals surface area contributed by atoms with Gasteiger partial charge in [-0.3, -0.25) is 0 Å². The fourth-order valence-electron chi connectivity index (χ4n) is 3.17. The van der Waals surface area contributed by atoms with E-state index in [2.05, 4.69) is 33.1 Å². The van der Waals surface area contributed by atoms with Crippen molar-refractivity contribution in [3.63, 3.8) is 0 Å². The first kappa shape index (κ1) is 24.2. The number of hydrogen-bond acceptors (Lipinski definition) is 5. The molecule has 0 bridgehead atoms. The highest BCUT2D eigenvalue weighted by atomic mass is 127. The number of para-hydroxylation sites is 1. The van der Waals surface area contributed by atoms with E-state index in [1.807, 2.05) is 49.6 Å². The highest BCUT2D eigenvalue weighted by Crippen LogP contribution is 2.19. The number of halogens is 1. The fraction of sp³-hybridized carbons (Fsp3) is 0.455. The number of hydrogen-bond donors (Lipinski definition) is 1. The van der Waals surface area contributed by atoms with Crippen molar-refractivity contribution in [2.45, 2.75) is 13.5 Å². The molecule has 164 valence electrons. The van der Waals surface area contributed by atoms with Crippen LogP contribution in [0.15, 0.2) is 53.7 Å². The van der Waals surface area contributed by atoms with Gasteiger partial charge < -0.3 is 24.6 Å². The van der Waals surface area contributed by atoms with Gasteiger partial charge in [-0.15, -0.1) is 24.0 Å². The molecule has 0 saturated carbocycles. The number of likely N-dealkylation sites (N-methyl/N-ethyl adjacent to an activating group) is 1. The van der Waals surface area contributed by atoms with E-state index in [0.29, 0.717) is 13.2 Å². The van der Waals surface area contributed by atoms with Crippen LogP contribution in [0.1, 0.15) is 12.5 Å². The van der Waals surface area contributed by atoms with Gasteiger partial charge in [0.1, 0.15) is 18.2 Å². The summed E-state index contributed by atoms with van der Waals surface area (Å²) in [7, 11) is 2.03. The largest absolute Gasteiger partial charge is 0.492 e. The summed E-state index contributed by atoms with van der Waals surface area (Å²) < 4.78 is 11.3. The van der Waals surface area contributed by atoms with Crippen LogP contribution in [-0.4, -0.2) is 68.9 Å². The number of aromatic nitrogens is 1. The molecule has 2 aromatic rings. The predicted octanol–water partition coefficient (Wildman–Crippen LogP) is 3.01. The molecule has 1 aliphatic rings. The summed E-state index contributed by atoms with van der Waals surface area (Å²) in [6.07, 6.45) is 1.84. The van der Waals surface area contributed by atoms with E-state index in [1.165, 1.54) is 0 Å². The molecular weight excluding hydrogens is 493 g/mol. The Balaban J connectivity index is 0.00000320. The second-order valence-electron chi connectivity index (χ2n) is 6.84. The third-order valence-electron chi connectivity index (χ3n) is 4.71. The summed E-state index contributed by atoms with van der Waals surface area (Å²) in [6.45, 7) is 8.01. The second kappa shape index (κ2) is 13.3. The lowest BCUT2D eigenvalue weighted by Crippen LogP contribution is -2.41. The minimum atomic E-state index is 0. The Labute approximate surface area is 196 Å². The molecule has 1 saturated heterocycles. The molecule has 0 radical (unpaired) electrons. The summed E-state index contributed by atoms with van der Waals surface area (Å²) in [6, 6.07) is 13.9. The minimum Gasteiger partial charge on any atom is -0.492 e. The summed E-state index contributed by atoms with van der Waals surface area (Å²) in [5.74, 6) is 2.75. The lowest BCUT2D eigenvalue weighted by atomic mass is 10.2. The number of nitrogens with one attached hydrogen (secondary N) is 1. The number of pyridine rings is 1. The molecule has 7 nitrogen and oxygen atoms in total. The maximum absolute atomic E-state index is 5.81. The highest BCUT2D eigenvalue weighted by Gasteiger charge is 2.16. The van der Waals surface area contributed by atoms with Gasteiger partial charge in [-0.05, 0) is 25.1 Å². The fourth-order valence-corrected chi connectivity index (χ4v) is 3.17. The van der Waals surface area contributed by atoms with E-state index in [4.69, 9.17) is 14.5 Å². The molecule has 8 heteroatoms. The monoisotopic (exact) mass is 525 g/mol. The summed E-state index contributed by atoms with van der Waals surface area (Å²) >= 11 is 0. The van der Waals surface area contributed by atoms with Crippen molar-refractivity contribution in [3.8, 4) is 5.75 Å². The second-order valence-corrected chi connectivity index (χ2v) is 6.84. The van der Waals surface area contributed by atoms with Crippen molar-refractivity contribution >= 4 is 35.8 Å². The zero-order chi connectivity index (χ0) is 20.3. The Bertz CT molecular complexity index is 769. The first-order valence-electron chi connectivity index (χ1n) is 10.2. The van der Waals surface area contributed by atoms with E-state index >= 15 is 0 Å². The molecule has 1 aliphatic heterocycles. The lowest BCUT2D eigenvalue weighted by molar-refractivity contribution is 0.122. The van der Waals surface area contributed by atoms with Crippen molar-refractivity contribution in [1.29, 1.82) is 0 Å². The van der Waals surface area contributed by atoms with Crippen molar-refractivity contribution in [2.24, 2.45) is 4.99 Å². The molecule has 0 aliphatic carbocycles. The summed E-state index contributed by atoms with van der Waals surface area (Å²) in [5, 5.41) is 3.37. The average molecular weight is 525 g/mol. The van der Waals surface area contributed by atoms with E-state index in [-0.39, 0.29) is 24.0 Å². The van der Waals surface area contributed by atoms with Gasteiger partial charge in [0.15, 0.2) is 5.96 Å². The predicted molar refractivity (Wildman–Crippen MR) is 132 cm³/mol. The van der Waals surface area contributed by atoms with Gasteiger partial charge in [-0.2, -0.15) is 0 Å². The topological polar surface area (TPSA) is 62.2 Å². The van der Waals surface area contributed by atoms with Crippen LogP contribution in [0.3, 0.4) is 0 Å². The smallest absolute Gasteiger partial charge is 0.194 e. The third kappa shape index (κ3) is 7.32. The Morgan fingerprint density at radius 2 is 1.97 bits per heavy atom. The Morgan fingerprint density at radius 3 is 2.70 bits per heavy atom. The number of anilines is 1. The molecule has 1 N–H and O–H groups in total. The van der Waals surface area contributed by atoms with Gasteiger partial charge in [-0.25, -0.2) is 9.98 Å². The van der Waals surface area contributed by atoms with Gasteiger partial charge in [0, 0.05) is 38.4 Å². The van der Waals surface area contributed by atoms with E-state index in [0.717, 1.165) is 62.5 Å².